The number of pyridine rings is 1. The van der Waals surface area contributed by atoms with E-state index in [1.54, 1.807) is 6.07 Å². The van der Waals surface area contributed by atoms with E-state index in [0.717, 1.165) is 5.56 Å². The number of carbonyl (C=O) groups is 3. The molecule has 144 valence electrons. The Morgan fingerprint density at radius 1 is 0.862 bits per heavy atom. The summed E-state index contributed by atoms with van der Waals surface area (Å²) in [4.78, 5) is 52.8. The Labute approximate surface area is 166 Å². The quantitative estimate of drug-likeness (QED) is 0.655. The molecule has 1 aromatic heterocycles. The minimum Gasteiger partial charge on any atom is -0.348 e. The van der Waals surface area contributed by atoms with Crippen molar-refractivity contribution in [3.8, 4) is 0 Å². The van der Waals surface area contributed by atoms with Gasteiger partial charge in [-0.1, -0.05) is 30.3 Å². The molecule has 0 spiro atoms. The van der Waals surface area contributed by atoms with Crippen molar-refractivity contribution in [3.05, 3.63) is 105 Å². The summed E-state index contributed by atoms with van der Waals surface area (Å²) in [6.45, 7) is 0.351. The van der Waals surface area contributed by atoms with Crippen LogP contribution in [0.15, 0.2) is 71.7 Å². The van der Waals surface area contributed by atoms with Gasteiger partial charge in [-0.15, -0.1) is 0 Å². The zero-order chi connectivity index (χ0) is 20.4. The number of benzene rings is 2. The molecule has 0 saturated heterocycles. The Morgan fingerprint density at radius 3 is 2.38 bits per heavy atom. The van der Waals surface area contributed by atoms with Gasteiger partial charge in [0, 0.05) is 24.4 Å². The SMILES string of the molecule is O=C(NCc1cc[nH]c(=O)c1)c1ccc2c(c1)C(=O)N(Cc1ccccc1)C2=O. The van der Waals surface area contributed by atoms with Crippen molar-refractivity contribution in [2.24, 2.45) is 0 Å². The summed E-state index contributed by atoms with van der Waals surface area (Å²) < 4.78 is 0. The minimum absolute atomic E-state index is 0.173. The number of aromatic amines is 1. The lowest BCUT2D eigenvalue weighted by Crippen LogP contribution is -2.29. The van der Waals surface area contributed by atoms with E-state index in [1.165, 1.54) is 35.4 Å². The number of hydrogen-bond donors (Lipinski definition) is 2. The lowest BCUT2D eigenvalue weighted by Gasteiger charge is -2.13. The number of imide groups is 1. The number of H-pyrrole nitrogens is 1. The number of rotatable bonds is 5. The maximum atomic E-state index is 12.7. The topological polar surface area (TPSA) is 99.3 Å². The fourth-order valence-corrected chi connectivity index (χ4v) is 3.22. The molecular weight excluding hydrogens is 370 g/mol. The van der Waals surface area contributed by atoms with Crippen LogP contribution >= 0.6 is 0 Å². The average Bonchev–Trinajstić information content (AvgIpc) is 2.97. The maximum absolute atomic E-state index is 12.7. The lowest BCUT2D eigenvalue weighted by molar-refractivity contribution is 0.0642. The van der Waals surface area contributed by atoms with Crippen molar-refractivity contribution < 1.29 is 14.4 Å². The second-order valence-electron chi connectivity index (χ2n) is 6.69. The monoisotopic (exact) mass is 387 g/mol. The number of aromatic nitrogens is 1. The smallest absolute Gasteiger partial charge is 0.261 e. The summed E-state index contributed by atoms with van der Waals surface area (Å²) in [6, 6.07) is 16.8. The largest absolute Gasteiger partial charge is 0.348 e. The molecule has 4 rings (SSSR count). The normalized spacial score (nSPS) is 12.8. The molecule has 7 heteroatoms. The Morgan fingerprint density at radius 2 is 1.62 bits per heavy atom. The fraction of sp³-hybridized carbons (Fsp3) is 0.0909. The number of hydrogen-bond acceptors (Lipinski definition) is 4. The van der Waals surface area contributed by atoms with Gasteiger partial charge in [-0.05, 0) is 35.4 Å². The van der Waals surface area contributed by atoms with Crippen LogP contribution in [0, 0.1) is 0 Å². The van der Waals surface area contributed by atoms with E-state index in [9.17, 15) is 19.2 Å². The van der Waals surface area contributed by atoms with E-state index < -0.39 is 11.8 Å². The maximum Gasteiger partial charge on any atom is 0.261 e. The highest BCUT2D eigenvalue weighted by Gasteiger charge is 2.35. The third kappa shape index (κ3) is 3.70. The molecule has 2 aromatic carbocycles. The highest BCUT2D eigenvalue weighted by atomic mass is 16.2. The number of nitrogens with one attached hydrogen (secondary N) is 2. The van der Waals surface area contributed by atoms with Crippen LogP contribution in [0.5, 0.6) is 0 Å². The Kier molecular flexibility index (Phi) is 4.78. The van der Waals surface area contributed by atoms with Crippen molar-refractivity contribution in [2.45, 2.75) is 13.1 Å². The molecule has 1 aliphatic heterocycles. The summed E-state index contributed by atoms with van der Waals surface area (Å²) in [7, 11) is 0. The summed E-state index contributed by atoms with van der Waals surface area (Å²) in [6.07, 6.45) is 1.50. The Balaban J connectivity index is 1.51. The minimum atomic E-state index is -0.418. The molecule has 0 unspecified atom stereocenters. The number of amides is 3. The van der Waals surface area contributed by atoms with Crippen LogP contribution in [-0.4, -0.2) is 27.6 Å². The van der Waals surface area contributed by atoms with Gasteiger partial charge >= 0.3 is 0 Å². The number of carbonyl (C=O) groups excluding carboxylic acids is 3. The molecule has 3 aromatic rings. The fourth-order valence-electron chi connectivity index (χ4n) is 3.22. The van der Waals surface area contributed by atoms with Crippen molar-refractivity contribution >= 4 is 17.7 Å². The molecule has 1 aliphatic rings. The van der Waals surface area contributed by atoms with E-state index in [2.05, 4.69) is 10.3 Å². The molecule has 29 heavy (non-hydrogen) atoms. The third-order valence-electron chi connectivity index (χ3n) is 4.71. The van der Waals surface area contributed by atoms with E-state index in [-0.39, 0.29) is 41.2 Å². The van der Waals surface area contributed by atoms with Crippen LogP contribution in [0.1, 0.15) is 42.2 Å². The van der Waals surface area contributed by atoms with Crippen molar-refractivity contribution in [2.75, 3.05) is 0 Å². The van der Waals surface area contributed by atoms with E-state index in [4.69, 9.17) is 0 Å². The van der Waals surface area contributed by atoms with Crippen LogP contribution in [0.3, 0.4) is 0 Å². The van der Waals surface area contributed by atoms with Crippen molar-refractivity contribution in [3.63, 3.8) is 0 Å². The predicted molar refractivity (Wildman–Crippen MR) is 105 cm³/mol. The number of fused-ring (bicyclic) bond motifs is 1. The van der Waals surface area contributed by atoms with Crippen LogP contribution in [-0.2, 0) is 13.1 Å². The van der Waals surface area contributed by atoms with Gasteiger partial charge < -0.3 is 10.3 Å². The average molecular weight is 387 g/mol. The first-order valence-electron chi connectivity index (χ1n) is 9.03. The molecule has 0 saturated carbocycles. The molecule has 7 nitrogen and oxygen atoms in total. The molecule has 3 amide bonds. The van der Waals surface area contributed by atoms with Crippen LogP contribution < -0.4 is 10.9 Å². The summed E-state index contributed by atoms with van der Waals surface area (Å²) in [5, 5.41) is 2.71. The van der Waals surface area contributed by atoms with Crippen molar-refractivity contribution in [1.29, 1.82) is 0 Å². The Bertz CT molecular complexity index is 1170. The summed E-state index contributed by atoms with van der Waals surface area (Å²) >= 11 is 0. The highest BCUT2D eigenvalue weighted by Crippen LogP contribution is 2.25. The Hall–Kier alpha value is -4.00. The van der Waals surface area contributed by atoms with Gasteiger partial charge in [-0.25, -0.2) is 0 Å². The second-order valence-corrected chi connectivity index (χ2v) is 6.69. The van der Waals surface area contributed by atoms with Gasteiger partial charge in [0.15, 0.2) is 0 Å². The molecule has 0 aliphatic carbocycles. The lowest BCUT2D eigenvalue weighted by atomic mass is 10.1. The van der Waals surface area contributed by atoms with Crippen LogP contribution in [0.25, 0.3) is 0 Å². The molecule has 2 heterocycles. The molecule has 0 bridgehead atoms. The standard InChI is InChI=1S/C22H17N3O4/c26-19-10-15(8-9-23-19)12-24-20(27)16-6-7-17-18(11-16)22(29)25(21(17)28)13-14-4-2-1-3-5-14/h1-11H,12-13H2,(H,23,26)(H,24,27). The van der Waals surface area contributed by atoms with Gasteiger partial charge in [0.1, 0.15) is 0 Å². The van der Waals surface area contributed by atoms with E-state index >= 15 is 0 Å². The first-order chi connectivity index (χ1) is 14.0. The van der Waals surface area contributed by atoms with Crippen LogP contribution in [0.4, 0.5) is 0 Å². The van der Waals surface area contributed by atoms with Gasteiger partial charge in [0.2, 0.25) is 5.56 Å². The predicted octanol–water partition coefficient (Wildman–Crippen LogP) is 2.10. The first kappa shape index (κ1) is 18.4. The van der Waals surface area contributed by atoms with Gasteiger partial charge in [-0.3, -0.25) is 24.1 Å². The highest BCUT2D eigenvalue weighted by molar-refractivity contribution is 6.22. The second kappa shape index (κ2) is 7.55. The molecule has 0 fully saturated rings. The third-order valence-corrected chi connectivity index (χ3v) is 4.71. The van der Waals surface area contributed by atoms with Gasteiger partial charge in [0.25, 0.3) is 17.7 Å². The number of nitrogens with zero attached hydrogens (tertiary/aromatic N) is 1. The first-order valence-corrected chi connectivity index (χ1v) is 9.03. The van der Waals surface area contributed by atoms with E-state index in [1.807, 2.05) is 30.3 Å². The van der Waals surface area contributed by atoms with E-state index in [0.29, 0.717) is 5.56 Å². The summed E-state index contributed by atoms with van der Waals surface area (Å²) in [5.74, 6) is -1.18. The molecule has 0 atom stereocenters. The summed E-state index contributed by atoms with van der Waals surface area (Å²) in [5.41, 5.74) is 2.03. The van der Waals surface area contributed by atoms with Gasteiger partial charge in [-0.2, -0.15) is 0 Å². The molecule has 2 N–H and O–H groups in total. The zero-order valence-corrected chi connectivity index (χ0v) is 15.3. The van der Waals surface area contributed by atoms with Crippen LogP contribution in [0.2, 0.25) is 0 Å². The zero-order valence-electron chi connectivity index (χ0n) is 15.3. The molecular formula is C22H17N3O4. The molecule has 0 radical (unpaired) electrons. The van der Waals surface area contributed by atoms with Gasteiger partial charge in [0.05, 0.1) is 17.7 Å². The van der Waals surface area contributed by atoms with Crippen molar-refractivity contribution in [1.82, 2.24) is 15.2 Å².